The first-order valence-corrected chi connectivity index (χ1v) is 5.93. The van der Waals surface area contributed by atoms with Crippen molar-refractivity contribution in [3.05, 3.63) is 34.2 Å². The Morgan fingerprint density at radius 1 is 1.50 bits per heavy atom. The summed E-state index contributed by atoms with van der Waals surface area (Å²) in [6, 6.07) is 4.14. The average Bonchev–Trinajstić information content (AvgIpc) is 2.30. The van der Waals surface area contributed by atoms with Crippen molar-refractivity contribution < 1.29 is 0 Å². The fraction of sp³-hybridized carbons (Fsp3) is 0.615. The molecule has 1 aromatic rings. The van der Waals surface area contributed by atoms with E-state index in [1.54, 1.807) is 4.57 Å². The number of hydrogen-bond acceptors (Lipinski definition) is 2. The first-order valence-electron chi connectivity index (χ1n) is 5.93. The van der Waals surface area contributed by atoms with Crippen LogP contribution in [0.25, 0.3) is 0 Å². The van der Waals surface area contributed by atoms with E-state index in [-0.39, 0.29) is 5.56 Å². The zero-order chi connectivity index (χ0) is 12.1. The van der Waals surface area contributed by atoms with Gasteiger partial charge in [-0.3, -0.25) is 4.79 Å². The minimum absolute atomic E-state index is 0.117. The van der Waals surface area contributed by atoms with Gasteiger partial charge in [-0.2, -0.15) is 0 Å². The van der Waals surface area contributed by atoms with Crippen LogP contribution in [0.3, 0.4) is 0 Å². The summed E-state index contributed by atoms with van der Waals surface area (Å²) in [5, 5.41) is 3.29. The topological polar surface area (TPSA) is 34.0 Å². The van der Waals surface area contributed by atoms with Crippen LogP contribution in [0.1, 0.15) is 25.8 Å². The van der Waals surface area contributed by atoms with Gasteiger partial charge in [0, 0.05) is 24.3 Å². The lowest BCUT2D eigenvalue weighted by Crippen LogP contribution is -2.39. The standard InChI is InChI=1S/C13H22N2O/c1-5-10(2)12(14-4)9-15-8-6-7-11(3)13(15)16/h6-8,10,12,14H,5,9H2,1-4H3. The largest absolute Gasteiger partial charge is 0.315 e. The molecule has 0 radical (unpaired) electrons. The van der Waals surface area contributed by atoms with Crippen molar-refractivity contribution in [2.75, 3.05) is 7.05 Å². The first-order chi connectivity index (χ1) is 7.60. The summed E-state index contributed by atoms with van der Waals surface area (Å²) in [6.07, 6.45) is 2.98. The van der Waals surface area contributed by atoms with Gasteiger partial charge in [0.15, 0.2) is 0 Å². The highest BCUT2D eigenvalue weighted by molar-refractivity contribution is 5.07. The lowest BCUT2D eigenvalue weighted by Gasteiger charge is -2.23. The van der Waals surface area contributed by atoms with Crippen LogP contribution in [-0.2, 0) is 6.54 Å². The molecule has 2 atom stereocenters. The number of likely N-dealkylation sites (N-methyl/N-ethyl adjacent to an activating group) is 1. The highest BCUT2D eigenvalue weighted by Crippen LogP contribution is 2.08. The molecule has 0 fully saturated rings. The number of hydrogen-bond donors (Lipinski definition) is 1. The van der Waals surface area contributed by atoms with E-state index in [0.717, 1.165) is 18.5 Å². The van der Waals surface area contributed by atoms with Crippen LogP contribution < -0.4 is 10.9 Å². The van der Waals surface area contributed by atoms with Crippen LogP contribution in [0.2, 0.25) is 0 Å². The third-order valence-corrected chi connectivity index (χ3v) is 3.31. The number of aryl methyl sites for hydroxylation is 1. The molecule has 2 unspecified atom stereocenters. The lowest BCUT2D eigenvalue weighted by molar-refractivity contribution is 0.344. The predicted octanol–water partition coefficient (Wildman–Crippen LogP) is 1.79. The summed E-state index contributed by atoms with van der Waals surface area (Å²) >= 11 is 0. The number of nitrogens with zero attached hydrogens (tertiary/aromatic N) is 1. The Balaban J connectivity index is 2.86. The summed E-state index contributed by atoms with van der Waals surface area (Å²) in [4.78, 5) is 11.9. The number of pyridine rings is 1. The molecule has 0 saturated carbocycles. The molecule has 3 heteroatoms. The lowest BCUT2D eigenvalue weighted by atomic mass is 9.99. The molecule has 0 aromatic carbocycles. The Morgan fingerprint density at radius 2 is 2.19 bits per heavy atom. The Labute approximate surface area is 97.5 Å². The van der Waals surface area contributed by atoms with Crippen molar-refractivity contribution in [2.45, 2.75) is 39.8 Å². The van der Waals surface area contributed by atoms with Gasteiger partial charge in [0.2, 0.25) is 0 Å². The van der Waals surface area contributed by atoms with Crippen LogP contribution in [0.15, 0.2) is 23.1 Å². The number of rotatable bonds is 5. The Morgan fingerprint density at radius 3 is 2.75 bits per heavy atom. The fourth-order valence-electron chi connectivity index (χ4n) is 1.85. The molecule has 0 aliphatic carbocycles. The molecule has 0 bridgehead atoms. The summed E-state index contributed by atoms with van der Waals surface area (Å²) in [7, 11) is 1.96. The molecule has 1 rings (SSSR count). The quantitative estimate of drug-likeness (QED) is 0.824. The van der Waals surface area contributed by atoms with E-state index < -0.39 is 0 Å². The van der Waals surface area contributed by atoms with Crippen molar-refractivity contribution in [1.82, 2.24) is 9.88 Å². The molecule has 90 valence electrons. The van der Waals surface area contributed by atoms with Gasteiger partial charge >= 0.3 is 0 Å². The number of aromatic nitrogens is 1. The SMILES string of the molecule is CCC(C)C(Cn1cccc(C)c1=O)NC. The van der Waals surface area contributed by atoms with Crippen LogP contribution in [0.4, 0.5) is 0 Å². The summed E-state index contributed by atoms with van der Waals surface area (Å²) in [5.41, 5.74) is 0.924. The maximum atomic E-state index is 11.9. The molecule has 0 spiro atoms. The van der Waals surface area contributed by atoms with Gasteiger partial charge in [0.05, 0.1) is 0 Å². The summed E-state index contributed by atoms with van der Waals surface area (Å²) < 4.78 is 1.79. The number of nitrogens with one attached hydrogen (secondary N) is 1. The van der Waals surface area contributed by atoms with E-state index in [4.69, 9.17) is 0 Å². The van der Waals surface area contributed by atoms with Gasteiger partial charge in [-0.1, -0.05) is 26.3 Å². The van der Waals surface area contributed by atoms with Gasteiger partial charge in [-0.25, -0.2) is 0 Å². The zero-order valence-electron chi connectivity index (χ0n) is 10.7. The van der Waals surface area contributed by atoms with Crippen LogP contribution in [-0.4, -0.2) is 17.7 Å². The van der Waals surface area contributed by atoms with E-state index in [9.17, 15) is 4.79 Å². The predicted molar refractivity (Wildman–Crippen MR) is 67.7 cm³/mol. The Kier molecular flexibility index (Phi) is 4.74. The highest BCUT2D eigenvalue weighted by Gasteiger charge is 2.14. The molecule has 1 heterocycles. The molecule has 0 aliphatic rings. The van der Waals surface area contributed by atoms with Gasteiger partial charge in [0.25, 0.3) is 5.56 Å². The van der Waals surface area contributed by atoms with Crippen LogP contribution >= 0.6 is 0 Å². The normalized spacial score (nSPS) is 14.8. The molecule has 1 N–H and O–H groups in total. The maximum absolute atomic E-state index is 11.9. The summed E-state index contributed by atoms with van der Waals surface area (Å²) in [5.74, 6) is 0.567. The minimum Gasteiger partial charge on any atom is -0.315 e. The third kappa shape index (κ3) is 2.95. The first kappa shape index (κ1) is 13.0. The minimum atomic E-state index is 0.117. The van der Waals surface area contributed by atoms with Gasteiger partial charge in [-0.15, -0.1) is 0 Å². The molecule has 16 heavy (non-hydrogen) atoms. The van der Waals surface area contributed by atoms with Crippen molar-refractivity contribution in [2.24, 2.45) is 5.92 Å². The second-order valence-corrected chi connectivity index (χ2v) is 4.43. The van der Waals surface area contributed by atoms with E-state index in [0.29, 0.717) is 12.0 Å². The van der Waals surface area contributed by atoms with Crippen molar-refractivity contribution in [3.63, 3.8) is 0 Å². The van der Waals surface area contributed by atoms with Crippen molar-refractivity contribution in [3.8, 4) is 0 Å². The second kappa shape index (κ2) is 5.85. The third-order valence-electron chi connectivity index (χ3n) is 3.31. The van der Waals surface area contributed by atoms with E-state index in [2.05, 4.69) is 19.2 Å². The summed E-state index contributed by atoms with van der Waals surface area (Å²) in [6.45, 7) is 6.98. The molecule has 0 aliphatic heterocycles. The zero-order valence-corrected chi connectivity index (χ0v) is 10.7. The highest BCUT2D eigenvalue weighted by atomic mass is 16.1. The molecular formula is C13H22N2O. The van der Waals surface area contributed by atoms with Crippen molar-refractivity contribution in [1.29, 1.82) is 0 Å². The Bertz CT molecular complexity index is 384. The molecular weight excluding hydrogens is 200 g/mol. The van der Waals surface area contributed by atoms with E-state index in [1.807, 2.05) is 32.3 Å². The van der Waals surface area contributed by atoms with Crippen LogP contribution in [0.5, 0.6) is 0 Å². The van der Waals surface area contributed by atoms with Gasteiger partial charge in [-0.05, 0) is 26.0 Å². The van der Waals surface area contributed by atoms with E-state index >= 15 is 0 Å². The fourth-order valence-corrected chi connectivity index (χ4v) is 1.85. The maximum Gasteiger partial charge on any atom is 0.253 e. The van der Waals surface area contributed by atoms with Crippen LogP contribution in [0, 0.1) is 12.8 Å². The second-order valence-electron chi connectivity index (χ2n) is 4.43. The average molecular weight is 222 g/mol. The smallest absolute Gasteiger partial charge is 0.253 e. The monoisotopic (exact) mass is 222 g/mol. The molecule has 3 nitrogen and oxygen atoms in total. The Hall–Kier alpha value is -1.09. The van der Waals surface area contributed by atoms with Crippen molar-refractivity contribution >= 4 is 0 Å². The molecule has 0 saturated heterocycles. The van der Waals surface area contributed by atoms with Gasteiger partial charge < -0.3 is 9.88 Å². The molecule has 1 aromatic heterocycles. The van der Waals surface area contributed by atoms with E-state index in [1.165, 1.54) is 0 Å². The molecule has 0 amide bonds. The van der Waals surface area contributed by atoms with Gasteiger partial charge in [0.1, 0.15) is 0 Å².